The molecule has 2 aromatic heterocycles. The Bertz CT molecular complexity index is 574. The van der Waals surface area contributed by atoms with Crippen molar-refractivity contribution in [2.75, 3.05) is 0 Å². The van der Waals surface area contributed by atoms with Gasteiger partial charge in [0.15, 0.2) is 0 Å². The van der Waals surface area contributed by atoms with Crippen LogP contribution in [0.25, 0.3) is 10.1 Å². The summed E-state index contributed by atoms with van der Waals surface area (Å²) < 4.78 is 1.48. The highest BCUT2D eigenvalue weighted by molar-refractivity contribution is 14.1. The number of fused-ring (bicyclic) bond motifs is 1. The Morgan fingerprint density at radius 1 is 1.57 bits per heavy atom. The van der Waals surface area contributed by atoms with Gasteiger partial charge >= 0.3 is 0 Å². The van der Waals surface area contributed by atoms with Gasteiger partial charge in [0.05, 0.1) is 15.0 Å². The molecule has 0 aromatic carbocycles. The van der Waals surface area contributed by atoms with Crippen molar-refractivity contribution >= 4 is 49.7 Å². The smallest absolute Gasteiger partial charge is 0.293 e. The average molecular weight is 322 g/mol. The van der Waals surface area contributed by atoms with Crippen molar-refractivity contribution in [1.29, 1.82) is 0 Å². The van der Waals surface area contributed by atoms with Gasteiger partial charge in [0.2, 0.25) is 0 Å². The first kappa shape index (κ1) is 9.59. The van der Waals surface area contributed by atoms with Gasteiger partial charge in [-0.15, -0.1) is 11.3 Å². The molecule has 0 aliphatic carbocycles. The van der Waals surface area contributed by atoms with E-state index in [0.717, 1.165) is 3.57 Å². The van der Waals surface area contributed by atoms with Gasteiger partial charge in [-0.1, -0.05) is 0 Å². The molecule has 0 spiro atoms. The van der Waals surface area contributed by atoms with Crippen LogP contribution in [-0.4, -0.2) is 9.91 Å². The molecule has 2 aromatic rings. The Hall–Kier alpha value is -0.960. The molecule has 0 unspecified atom stereocenters. The SMILES string of the molecule is O=c1[nH]cc(I)c2scc([N+](=O)[O-])c12. The number of aromatic amines is 1. The maximum Gasteiger partial charge on any atom is 0.293 e. The lowest BCUT2D eigenvalue weighted by molar-refractivity contribution is -0.382. The van der Waals surface area contributed by atoms with Crippen LogP contribution in [0.15, 0.2) is 16.4 Å². The fourth-order valence-electron chi connectivity index (χ4n) is 1.14. The van der Waals surface area contributed by atoms with Gasteiger partial charge < -0.3 is 4.98 Å². The summed E-state index contributed by atoms with van der Waals surface area (Å²) in [6.45, 7) is 0. The van der Waals surface area contributed by atoms with Crippen molar-refractivity contribution in [3.05, 3.63) is 35.6 Å². The second-order valence-corrected chi connectivity index (χ2v) is 4.59. The zero-order valence-corrected chi connectivity index (χ0v) is 9.59. The maximum atomic E-state index is 11.4. The highest BCUT2D eigenvalue weighted by Crippen LogP contribution is 2.31. The number of pyridine rings is 1. The lowest BCUT2D eigenvalue weighted by Crippen LogP contribution is -2.06. The fourth-order valence-corrected chi connectivity index (χ4v) is 2.87. The summed E-state index contributed by atoms with van der Waals surface area (Å²) in [4.78, 5) is 23.9. The molecular weight excluding hydrogens is 319 g/mol. The highest BCUT2D eigenvalue weighted by atomic mass is 127. The number of nitro groups is 1. The van der Waals surface area contributed by atoms with E-state index >= 15 is 0 Å². The molecule has 0 atom stereocenters. The highest BCUT2D eigenvalue weighted by Gasteiger charge is 2.18. The molecular formula is C7H3IN2O3S. The van der Waals surface area contributed by atoms with Gasteiger partial charge in [-0.05, 0) is 22.6 Å². The number of rotatable bonds is 1. The first-order valence-corrected chi connectivity index (χ1v) is 5.50. The van der Waals surface area contributed by atoms with Crippen molar-refractivity contribution in [3.8, 4) is 0 Å². The third-order valence-electron chi connectivity index (χ3n) is 1.74. The van der Waals surface area contributed by atoms with Crippen molar-refractivity contribution in [1.82, 2.24) is 4.98 Å². The van der Waals surface area contributed by atoms with Crippen LogP contribution in [0, 0.1) is 13.7 Å². The average Bonchev–Trinajstić information content (AvgIpc) is 2.56. The first-order valence-electron chi connectivity index (χ1n) is 3.54. The maximum absolute atomic E-state index is 11.4. The molecule has 0 aliphatic rings. The minimum Gasteiger partial charge on any atom is -0.327 e. The summed E-state index contributed by atoms with van der Waals surface area (Å²) in [6, 6.07) is 0. The van der Waals surface area contributed by atoms with Gasteiger partial charge in [0.1, 0.15) is 5.39 Å². The van der Waals surface area contributed by atoms with E-state index in [9.17, 15) is 14.9 Å². The molecule has 0 radical (unpaired) electrons. The molecule has 0 fully saturated rings. The van der Waals surface area contributed by atoms with Crippen molar-refractivity contribution in [2.45, 2.75) is 0 Å². The third-order valence-corrected chi connectivity index (χ3v) is 3.96. The van der Waals surface area contributed by atoms with E-state index in [2.05, 4.69) is 4.98 Å². The van der Waals surface area contributed by atoms with E-state index in [4.69, 9.17) is 0 Å². The summed E-state index contributed by atoms with van der Waals surface area (Å²) in [5, 5.41) is 12.2. The van der Waals surface area contributed by atoms with E-state index in [1.54, 1.807) is 6.20 Å². The lowest BCUT2D eigenvalue weighted by Gasteiger charge is -1.91. The van der Waals surface area contributed by atoms with E-state index in [1.165, 1.54) is 16.7 Å². The predicted molar refractivity (Wildman–Crippen MR) is 61.8 cm³/mol. The van der Waals surface area contributed by atoms with Crippen LogP contribution < -0.4 is 5.56 Å². The topological polar surface area (TPSA) is 76.0 Å². The van der Waals surface area contributed by atoms with E-state index in [1.807, 2.05) is 22.6 Å². The molecule has 14 heavy (non-hydrogen) atoms. The molecule has 0 saturated heterocycles. The molecule has 0 amide bonds. The van der Waals surface area contributed by atoms with Crippen molar-refractivity contribution in [3.63, 3.8) is 0 Å². The molecule has 7 heteroatoms. The van der Waals surface area contributed by atoms with Gasteiger partial charge in [-0.2, -0.15) is 0 Å². The van der Waals surface area contributed by atoms with Gasteiger partial charge in [0.25, 0.3) is 11.2 Å². The zero-order chi connectivity index (χ0) is 10.3. The molecule has 2 heterocycles. The van der Waals surface area contributed by atoms with Gasteiger partial charge in [-0.3, -0.25) is 14.9 Å². The number of nitrogens with one attached hydrogen (secondary N) is 1. The Labute approximate surface area is 95.0 Å². The first-order chi connectivity index (χ1) is 6.61. The third kappa shape index (κ3) is 1.32. The Morgan fingerprint density at radius 2 is 2.29 bits per heavy atom. The van der Waals surface area contributed by atoms with Crippen LogP contribution in [0.3, 0.4) is 0 Å². The number of H-pyrrole nitrogens is 1. The van der Waals surface area contributed by atoms with Crippen LogP contribution in [0.5, 0.6) is 0 Å². The standard InChI is InChI=1S/C7H3IN2O3S/c8-3-1-9-7(11)5-4(10(12)13)2-14-6(3)5/h1-2H,(H,9,11). The number of hydrogen-bond acceptors (Lipinski definition) is 4. The van der Waals surface area contributed by atoms with E-state index < -0.39 is 10.5 Å². The fraction of sp³-hybridized carbons (Fsp3) is 0. The molecule has 0 aliphatic heterocycles. The number of halogens is 1. The molecule has 0 bridgehead atoms. The minimum atomic E-state index is -0.538. The zero-order valence-electron chi connectivity index (χ0n) is 6.61. The summed E-state index contributed by atoms with van der Waals surface area (Å²) >= 11 is 3.24. The minimum absolute atomic E-state index is 0.121. The Balaban J connectivity index is 2.98. The molecule has 5 nitrogen and oxygen atoms in total. The second-order valence-electron chi connectivity index (χ2n) is 2.55. The molecule has 72 valence electrons. The van der Waals surface area contributed by atoms with Crippen LogP contribution in [0.1, 0.15) is 0 Å². The van der Waals surface area contributed by atoms with E-state index in [0.29, 0.717) is 4.70 Å². The van der Waals surface area contributed by atoms with E-state index in [-0.39, 0.29) is 11.1 Å². The quantitative estimate of drug-likeness (QED) is 0.496. The largest absolute Gasteiger partial charge is 0.327 e. The second kappa shape index (κ2) is 3.31. The molecule has 0 saturated carbocycles. The normalized spacial score (nSPS) is 10.6. The van der Waals surface area contributed by atoms with Gasteiger partial charge in [-0.25, -0.2) is 0 Å². The lowest BCUT2D eigenvalue weighted by atomic mass is 10.3. The van der Waals surface area contributed by atoms with Crippen LogP contribution >= 0.6 is 33.9 Å². The predicted octanol–water partition coefficient (Wildman–Crippen LogP) is 2.10. The summed E-state index contributed by atoms with van der Waals surface area (Å²) in [5.74, 6) is 0. The Kier molecular flexibility index (Phi) is 2.27. The van der Waals surface area contributed by atoms with Crippen LogP contribution in [-0.2, 0) is 0 Å². The van der Waals surface area contributed by atoms with Crippen molar-refractivity contribution in [2.24, 2.45) is 0 Å². The van der Waals surface area contributed by atoms with Crippen LogP contribution in [0.4, 0.5) is 5.69 Å². The Morgan fingerprint density at radius 3 is 2.93 bits per heavy atom. The molecule has 1 N–H and O–H groups in total. The van der Waals surface area contributed by atoms with Crippen LogP contribution in [0.2, 0.25) is 0 Å². The number of thiophene rings is 1. The monoisotopic (exact) mass is 322 g/mol. The van der Waals surface area contributed by atoms with Gasteiger partial charge in [0, 0.05) is 9.77 Å². The number of aromatic nitrogens is 1. The number of nitrogens with zero attached hydrogens (tertiary/aromatic N) is 1. The summed E-state index contributed by atoms with van der Waals surface area (Å²) in [6.07, 6.45) is 1.55. The summed E-state index contributed by atoms with van der Waals surface area (Å²) in [7, 11) is 0. The number of hydrogen-bond donors (Lipinski definition) is 1. The molecule has 2 rings (SSSR count). The summed E-state index contributed by atoms with van der Waals surface area (Å²) in [5.41, 5.74) is -0.530. The van der Waals surface area contributed by atoms with Crippen molar-refractivity contribution < 1.29 is 4.92 Å².